The van der Waals surface area contributed by atoms with Crippen LogP contribution in [0.15, 0.2) is 127 Å². The number of fused-ring (bicyclic) bond motifs is 9. The van der Waals surface area contributed by atoms with Crippen molar-refractivity contribution in [2.45, 2.75) is 130 Å². The molecule has 6 aromatic rings. The van der Waals surface area contributed by atoms with Crippen LogP contribution in [0.3, 0.4) is 0 Å². The fourth-order valence-corrected chi connectivity index (χ4v) is 8.95. The zero-order valence-electron chi connectivity index (χ0n) is 44.8. The molecule has 0 amide bonds. The van der Waals surface area contributed by atoms with Crippen LogP contribution >= 0.6 is 0 Å². The average Bonchev–Trinajstić information content (AvgIpc) is 4.12. The molecule has 0 radical (unpaired) electrons. The largest absolute Gasteiger partial charge is 0.359 e. The molecule has 3 aliphatic rings. The van der Waals surface area contributed by atoms with Crippen molar-refractivity contribution in [3.05, 3.63) is 161 Å². The Labute approximate surface area is 405 Å². The minimum Gasteiger partial charge on any atom is -0.359 e. The van der Waals surface area contributed by atoms with Crippen LogP contribution < -0.4 is 14.7 Å². The fraction of sp³-hybridized carbons (Fsp3) is 0.419. The van der Waals surface area contributed by atoms with Crippen LogP contribution in [-0.2, 0) is 19.3 Å². The molecule has 0 aliphatic heterocycles. The van der Waals surface area contributed by atoms with Gasteiger partial charge in [-0.2, -0.15) is 0 Å². The summed E-state index contributed by atoms with van der Waals surface area (Å²) in [7, 11) is 2.18. The maximum absolute atomic E-state index is 2.55. The number of benzene rings is 6. The highest BCUT2D eigenvalue weighted by Gasteiger charge is 2.27. The smallest absolute Gasteiger partial charge is 0.0902 e. The first-order valence-corrected chi connectivity index (χ1v) is 26.1. The molecule has 0 heterocycles. The van der Waals surface area contributed by atoms with Crippen molar-refractivity contribution >= 4 is 17.1 Å². The number of hydrogen-bond donors (Lipinski definition) is 0. The van der Waals surface area contributed by atoms with Crippen molar-refractivity contribution in [3.63, 3.8) is 0 Å². The Morgan fingerprint density at radius 1 is 0.303 bits per heavy atom. The number of rotatable bonds is 11. The number of hydrogen-bond acceptors (Lipinski definition) is 4. The summed E-state index contributed by atoms with van der Waals surface area (Å²) in [6.45, 7) is 39.0. The molecule has 9 rings (SSSR count). The molecule has 358 valence electrons. The van der Waals surface area contributed by atoms with E-state index in [0.717, 1.165) is 58.8 Å². The zero-order valence-corrected chi connectivity index (χ0v) is 44.8. The third kappa shape index (κ3) is 13.2. The molecule has 6 aromatic carbocycles. The van der Waals surface area contributed by atoms with Gasteiger partial charge in [-0.05, 0) is 119 Å². The molecule has 0 N–H and O–H groups in total. The second-order valence-corrected chi connectivity index (χ2v) is 14.9. The third-order valence-corrected chi connectivity index (χ3v) is 11.9. The van der Waals surface area contributed by atoms with Crippen molar-refractivity contribution in [1.82, 2.24) is 4.90 Å². The molecular formula is C62H90N4. The Morgan fingerprint density at radius 2 is 0.561 bits per heavy atom. The molecule has 0 unspecified atom stereocenters. The molecule has 3 aliphatic carbocycles. The first-order valence-electron chi connectivity index (χ1n) is 26.1. The van der Waals surface area contributed by atoms with Crippen LogP contribution in [0.5, 0.6) is 0 Å². The first-order chi connectivity index (χ1) is 32.5. The van der Waals surface area contributed by atoms with Gasteiger partial charge in [0.15, 0.2) is 0 Å². The monoisotopic (exact) mass is 891 g/mol. The standard InChI is InChI=1S/C31H30N2.C19H24N2.6C2H6/c1-3-32(30-17-9-15-26-24-13-7-5-11-22(24)19-28(26)30)21-33(4-2)31-18-10-16-27-25-14-8-6-12-23(25)20-29(27)31;1-4-20(3)14-21(5-2)19-12-8-11-17-16-10-7-6-9-15(16)13-18(17)19;6*1-2/h5-18H,3-4,19-21H2,1-2H3;6-12H,4-5,13-14H2,1-3H3;6*1-2H3. The lowest BCUT2D eigenvalue weighted by molar-refractivity contribution is 0.351. The Balaban J connectivity index is 0.000000392. The van der Waals surface area contributed by atoms with E-state index in [1.807, 2.05) is 83.1 Å². The summed E-state index contributed by atoms with van der Waals surface area (Å²) < 4.78 is 0. The maximum Gasteiger partial charge on any atom is 0.0902 e. The summed E-state index contributed by atoms with van der Waals surface area (Å²) in [6.07, 6.45) is 3.12. The van der Waals surface area contributed by atoms with E-state index in [9.17, 15) is 0 Å². The Kier molecular flexibility index (Phi) is 26.5. The quantitative estimate of drug-likeness (QED) is 0.120. The average molecular weight is 891 g/mol. The molecule has 0 aromatic heterocycles. The van der Waals surface area contributed by atoms with Gasteiger partial charge in [0.05, 0.1) is 13.3 Å². The molecule has 0 atom stereocenters. The van der Waals surface area contributed by atoms with E-state index in [1.54, 1.807) is 0 Å². The van der Waals surface area contributed by atoms with Gasteiger partial charge in [0.2, 0.25) is 0 Å². The molecule has 66 heavy (non-hydrogen) atoms. The Morgan fingerprint density at radius 3 is 0.833 bits per heavy atom. The topological polar surface area (TPSA) is 13.0 Å². The molecule has 0 bridgehead atoms. The lowest BCUT2D eigenvalue weighted by atomic mass is 10.0. The zero-order chi connectivity index (χ0) is 49.2. The SMILES string of the molecule is CC.CC.CC.CC.CC.CC.CCN(C)CN(CC)c1cccc2c1Cc1ccccc1-2.CCN(CN(CC)c1cccc2c1Cc1ccccc1-2)c1cccc2c1Cc1ccccc1-2. The van der Waals surface area contributed by atoms with Gasteiger partial charge in [-0.3, -0.25) is 4.90 Å². The van der Waals surface area contributed by atoms with Crippen molar-refractivity contribution in [3.8, 4) is 33.4 Å². The molecule has 0 saturated carbocycles. The number of nitrogens with zero attached hydrogens (tertiary/aromatic N) is 4. The van der Waals surface area contributed by atoms with Gasteiger partial charge in [0.25, 0.3) is 0 Å². The molecule has 0 fully saturated rings. The van der Waals surface area contributed by atoms with E-state index in [-0.39, 0.29) is 0 Å². The van der Waals surface area contributed by atoms with Crippen LogP contribution in [0.1, 0.15) is 144 Å². The van der Waals surface area contributed by atoms with Gasteiger partial charge in [0.1, 0.15) is 0 Å². The molecule has 0 spiro atoms. The Hall–Kier alpha value is -5.32. The van der Waals surface area contributed by atoms with Crippen LogP contribution in [0.2, 0.25) is 0 Å². The highest BCUT2D eigenvalue weighted by Crippen LogP contribution is 2.44. The van der Waals surface area contributed by atoms with Gasteiger partial charge in [-0.15, -0.1) is 0 Å². The highest BCUT2D eigenvalue weighted by atomic mass is 15.3. The molecular weight excluding hydrogens is 801 g/mol. The van der Waals surface area contributed by atoms with Crippen LogP contribution in [0.25, 0.3) is 33.4 Å². The van der Waals surface area contributed by atoms with E-state index >= 15 is 0 Å². The lowest BCUT2D eigenvalue weighted by Gasteiger charge is -2.34. The Bertz CT molecular complexity index is 2170. The van der Waals surface area contributed by atoms with Crippen molar-refractivity contribution in [1.29, 1.82) is 0 Å². The fourth-order valence-electron chi connectivity index (χ4n) is 8.95. The van der Waals surface area contributed by atoms with E-state index < -0.39 is 0 Å². The third-order valence-electron chi connectivity index (χ3n) is 11.9. The predicted molar refractivity (Wildman–Crippen MR) is 299 cm³/mol. The summed E-state index contributed by atoms with van der Waals surface area (Å²) in [5.41, 5.74) is 21.4. The second kappa shape index (κ2) is 30.8. The van der Waals surface area contributed by atoms with Crippen molar-refractivity contribution in [2.75, 3.05) is 61.3 Å². The van der Waals surface area contributed by atoms with Gasteiger partial charge in [-0.1, -0.05) is 199 Å². The van der Waals surface area contributed by atoms with Crippen LogP contribution in [0, 0.1) is 0 Å². The van der Waals surface area contributed by atoms with Gasteiger partial charge in [0, 0.05) is 56.0 Å². The van der Waals surface area contributed by atoms with E-state index in [4.69, 9.17) is 0 Å². The van der Waals surface area contributed by atoms with E-state index in [0.29, 0.717) is 0 Å². The van der Waals surface area contributed by atoms with Gasteiger partial charge in [-0.25, -0.2) is 0 Å². The summed E-state index contributed by atoms with van der Waals surface area (Å²) >= 11 is 0. The predicted octanol–water partition coefficient (Wildman–Crippen LogP) is 17.3. The minimum absolute atomic E-state index is 0.895. The summed E-state index contributed by atoms with van der Waals surface area (Å²) in [4.78, 5) is 9.94. The molecule has 4 nitrogen and oxygen atoms in total. The first kappa shape index (κ1) is 56.8. The van der Waals surface area contributed by atoms with Crippen LogP contribution in [-0.4, -0.2) is 51.5 Å². The van der Waals surface area contributed by atoms with Gasteiger partial charge < -0.3 is 14.7 Å². The van der Waals surface area contributed by atoms with Gasteiger partial charge >= 0.3 is 0 Å². The summed E-state index contributed by atoms with van der Waals surface area (Å²) in [5, 5.41) is 0. The normalized spacial score (nSPS) is 10.8. The molecule has 4 heteroatoms. The maximum atomic E-state index is 2.55. The second-order valence-electron chi connectivity index (χ2n) is 14.9. The molecule has 0 saturated heterocycles. The summed E-state index contributed by atoms with van der Waals surface area (Å²) in [5.74, 6) is 0. The highest BCUT2D eigenvalue weighted by molar-refractivity contribution is 5.85. The van der Waals surface area contributed by atoms with Crippen molar-refractivity contribution in [2.24, 2.45) is 0 Å². The summed E-state index contributed by atoms with van der Waals surface area (Å²) in [6, 6.07) is 46.9. The number of anilines is 3. The van der Waals surface area contributed by atoms with E-state index in [1.165, 1.54) is 83.8 Å². The van der Waals surface area contributed by atoms with E-state index in [2.05, 4.69) is 182 Å². The minimum atomic E-state index is 0.895. The lowest BCUT2D eigenvalue weighted by Crippen LogP contribution is -2.39. The van der Waals surface area contributed by atoms with Crippen molar-refractivity contribution < 1.29 is 0 Å². The van der Waals surface area contributed by atoms with Crippen LogP contribution in [0.4, 0.5) is 17.1 Å².